The van der Waals surface area contributed by atoms with E-state index in [1.807, 2.05) is 0 Å². The van der Waals surface area contributed by atoms with Gasteiger partial charge in [0.2, 0.25) is 0 Å². The van der Waals surface area contributed by atoms with E-state index in [1.165, 1.54) is 19.3 Å². The Bertz CT molecular complexity index is 196. The first kappa shape index (κ1) is 11.4. The van der Waals surface area contributed by atoms with E-state index >= 15 is 0 Å². The molecule has 2 aliphatic carbocycles. The molecule has 0 aromatic heterocycles. The Morgan fingerprint density at radius 1 is 1.13 bits per heavy atom. The first-order chi connectivity index (χ1) is 7.24. The van der Waals surface area contributed by atoms with Gasteiger partial charge in [0.25, 0.3) is 0 Å². The quantitative estimate of drug-likeness (QED) is 0.654. The second-order valence-corrected chi connectivity index (χ2v) is 5.42. The molecule has 0 saturated heterocycles. The van der Waals surface area contributed by atoms with Crippen LogP contribution in [0.4, 0.5) is 0 Å². The number of aliphatic hydroxyl groups excluding tert-OH is 2. The summed E-state index contributed by atoms with van der Waals surface area (Å²) in [5, 5.41) is 22.2. The molecule has 0 spiro atoms. The first-order valence-electron chi connectivity index (χ1n) is 6.26. The summed E-state index contributed by atoms with van der Waals surface area (Å²) in [5.74, 6) is 0. The zero-order chi connectivity index (χ0) is 10.7. The van der Waals surface area contributed by atoms with Gasteiger partial charge in [-0.15, -0.1) is 0 Å². The highest BCUT2D eigenvalue weighted by Crippen LogP contribution is 2.35. The minimum Gasteiger partial charge on any atom is -0.396 e. The molecule has 0 aliphatic heterocycles. The number of nitrogens with one attached hydrogen (secondary N) is 1. The van der Waals surface area contributed by atoms with Crippen molar-refractivity contribution < 1.29 is 10.2 Å². The van der Waals surface area contributed by atoms with E-state index in [1.54, 1.807) is 0 Å². The third-order valence-electron chi connectivity index (χ3n) is 4.13. The number of hydrogen-bond acceptors (Lipinski definition) is 3. The molecule has 3 heteroatoms. The molecule has 2 fully saturated rings. The van der Waals surface area contributed by atoms with E-state index in [4.69, 9.17) is 0 Å². The summed E-state index contributed by atoms with van der Waals surface area (Å²) in [6, 6.07) is 0.491. The fraction of sp³-hybridized carbons (Fsp3) is 1.00. The monoisotopic (exact) mass is 213 g/mol. The molecule has 0 atom stereocenters. The van der Waals surface area contributed by atoms with Crippen LogP contribution in [0.3, 0.4) is 0 Å². The van der Waals surface area contributed by atoms with Gasteiger partial charge in [0.1, 0.15) is 0 Å². The van der Waals surface area contributed by atoms with Gasteiger partial charge in [-0.3, -0.25) is 0 Å². The van der Waals surface area contributed by atoms with Crippen LogP contribution in [-0.4, -0.2) is 35.5 Å². The van der Waals surface area contributed by atoms with E-state index in [0.29, 0.717) is 12.6 Å². The topological polar surface area (TPSA) is 52.5 Å². The predicted octanol–water partition coefficient (Wildman–Crippen LogP) is 1.04. The first-order valence-corrected chi connectivity index (χ1v) is 6.26. The summed E-state index contributed by atoms with van der Waals surface area (Å²) in [6.07, 6.45) is 7.86. The van der Waals surface area contributed by atoms with Crippen LogP contribution < -0.4 is 5.32 Å². The lowest BCUT2D eigenvalue weighted by atomic mass is 9.74. The Kier molecular flexibility index (Phi) is 3.65. The number of rotatable bonds is 4. The molecule has 3 N–H and O–H groups in total. The van der Waals surface area contributed by atoms with Crippen LogP contribution in [0, 0.1) is 5.41 Å². The second kappa shape index (κ2) is 4.81. The Morgan fingerprint density at radius 3 is 2.33 bits per heavy atom. The van der Waals surface area contributed by atoms with Crippen LogP contribution in [0.2, 0.25) is 0 Å². The third-order valence-corrected chi connectivity index (χ3v) is 4.13. The van der Waals surface area contributed by atoms with Crippen LogP contribution >= 0.6 is 0 Å². The highest BCUT2D eigenvalue weighted by Gasteiger charge is 2.34. The molecule has 0 unspecified atom stereocenters. The fourth-order valence-electron chi connectivity index (χ4n) is 2.81. The van der Waals surface area contributed by atoms with Gasteiger partial charge >= 0.3 is 0 Å². The molecule has 2 aliphatic rings. The zero-order valence-electron chi connectivity index (χ0n) is 9.41. The maximum absolute atomic E-state index is 9.51. The lowest BCUT2D eigenvalue weighted by Crippen LogP contribution is -2.49. The third kappa shape index (κ3) is 2.71. The van der Waals surface area contributed by atoms with Gasteiger partial charge in [-0.1, -0.05) is 19.3 Å². The van der Waals surface area contributed by atoms with Crippen LogP contribution in [0.1, 0.15) is 44.9 Å². The summed E-state index contributed by atoms with van der Waals surface area (Å²) in [5.41, 5.74) is 0.138. The molecule has 0 aromatic rings. The van der Waals surface area contributed by atoms with Crippen molar-refractivity contribution in [2.45, 2.75) is 57.1 Å². The molecule has 88 valence electrons. The molecular weight excluding hydrogens is 190 g/mol. The van der Waals surface area contributed by atoms with Gasteiger partial charge in [0.15, 0.2) is 0 Å². The average molecular weight is 213 g/mol. The van der Waals surface area contributed by atoms with Gasteiger partial charge < -0.3 is 15.5 Å². The maximum atomic E-state index is 9.51. The van der Waals surface area contributed by atoms with Crippen molar-refractivity contribution >= 4 is 0 Å². The molecule has 0 aromatic carbocycles. The second-order valence-electron chi connectivity index (χ2n) is 5.42. The van der Waals surface area contributed by atoms with Crippen LogP contribution in [0.25, 0.3) is 0 Å². The molecule has 0 heterocycles. The van der Waals surface area contributed by atoms with Crippen molar-refractivity contribution in [1.82, 2.24) is 5.32 Å². The van der Waals surface area contributed by atoms with Crippen molar-refractivity contribution in [2.75, 3.05) is 13.2 Å². The lowest BCUT2D eigenvalue weighted by Gasteiger charge is -2.40. The van der Waals surface area contributed by atoms with E-state index in [9.17, 15) is 10.2 Å². The van der Waals surface area contributed by atoms with Gasteiger partial charge in [0, 0.05) is 24.6 Å². The number of hydrogen-bond donors (Lipinski definition) is 3. The molecule has 0 bridgehead atoms. The molecule has 3 nitrogen and oxygen atoms in total. The average Bonchev–Trinajstić information content (AvgIpc) is 2.24. The minimum atomic E-state index is -0.0843. The van der Waals surface area contributed by atoms with Crippen LogP contribution in [0.15, 0.2) is 0 Å². The van der Waals surface area contributed by atoms with E-state index in [2.05, 4.69) is 5.32 Å². The molecule has 0 radical (unpaired) electrons. The molecule has 15 heavy (non-hydrogen) atoms. The summed E-state index contributed by atoms with van der Waals surface area (Å²) in [4.78, 5) is 0. The van der Waals surface area contributed by atoms with Gasteiger partial charge in [-0.2, -0.15) is 0 Å². The highest BCUT2D eigenvalue weighted by atomic mass is 16.3. The maximum Gasteiger partial charge on any atom is 0.0570 e. The minimum absolute atomic E-state index is 0.0843. The van der Waals surface area contributed by atoms with E-state index in [0.717, 1.165) is 32.2 Å². The predicted molar refractivity (Wildman–Crippen MR) is 59.6 cm³/mol. The molecular formula is C12H23NO2. The Labute approximate surface area is 91.9 Å². The molecule has 2 saturated carbocycles. The highest BCUT2D eigenvalue weighted by molar-refractivity contribution is 4.90. The van der Waals surface area contributed by atoms with Crippen molar-refractivity contribution in [3.05, 3.63) is 0 Å². The van der Waals surface area contributed by atoms with Crippen molar-refractivity contribution in [3.63, 3.8) is 0 Å². The summed E-state index contributed by atoms with van der Waals surface area (Å²) in [6.45, 7) is 1.25. The molecule has 2 rings (SSSR count). The number of aliphatic hydroxyl groups is 2. The summed E-state index contributed by atoms with van der Waals surface area (Å²) in [7, 11) is 0. The van der Waals surface area contributed by atoms with Crippen molar-refractivity contribution in [2.24, 2.45) is 5.41 Å². The SMILES string of the molecule is OCC1(CNC2CC(O)C2)CCCCC1. The van der Waals surface area contributed by atoms with E-state index in [-0.39, 0.29) is 11.5 Å². The molecule has 0 amide bonds. The largest absolute Gasteiger partial charge is 0.396 e. The summed E-state index contributed by atoms with van der Waals surface area (Å²) >= 11 is 0. The Morgan fingerprint density at radius 2 is 1.80 bits per heavy atom. The smallest absolute Gasteiger partial charge is 0.0570 e. The van der Waals surface area contributed by atoms with E-state index < -0.39 is 0 Å². The van der Waals surface area contributed by atoms with Gasteiger partial charge in [-0.25, -0.2) is 0 Å². The van der Waals surface area contributed by atoms with Crippen molar-refractivity contribution in [1.29, 1.82) is 0 Å². The Hall–Kier alpha value is -0.120. The Balaban J connectivity index is 1.74. The lowest BCUT2D eigenvalue weighted by molar-refractivity contribution is 0.0389. The van der Waals surface area contributed by atoms with Crippen LogP contribution in [-0.2, 0) is 0 Å². The van der Waals surface area contributed by atoms with Crippen LogP contribution in [0.5, 0.6) is 0 Å². The standard InChI is InChI=1S/C12H23NO2/c14-9-12(4-2-1-3-5-12)8-13-10-6-11(15)7-10/h10-11,13-15H,1-9H2. The summed E-state index contributed by atoms with van der Waals surface area (Å²) < 4.78 is 0. The van der Waals surface area contributed by atoms with Crippen molar-refractivity contribution in [3.8, 4) is 0 Å². The van der Waals surface area contributed by atoms with Gasteiger partial charge in [0.05, 0.1) is 6.10 Å². The zero-order valence-corrected chi connectivity index (χ0v) is 9.41. The van der Waals surface area contributed by atoms with Gasteiger partial charge in [-0.05, 0) is 25.7 Å². The fourth-order valence-corrected chi connectivity index (χ4v) is 2.81. The normalized spacial score (nSPS) is 34.8.